The molecule has 0 aliphatic heterocycles. The van der Waals surface area contributed by atoms with Gasteiger partial charge in [-0.2, -0.15) is 5.26 Å². The van der Waals surface area contributed by atoms with Crippen molar-refractivity contribution in [2.45, 2.75) is 92.4 Å². The van der Waals surface area contributed by atoms with Gasteiger partial charge < -0.3 is 4.42 Å². The van der Waals surface area contributed by atoms with Crippen LogP contribution in [-0.2, 0) is 9.59 Å². The van der Waals surface area contributed by atoms with Crippen molar-refractivity contribution in [3.8, 4) is 6.07 Å². The molecule has 5 aliphatic rings. The number of rotatable bonds is 1. The van der Waals surface area contributed by atoms with Crippen LogP contribution >= 0.6 is 0 Å². The second kappa shape index (κ2) is 7.52. The van der Waals surface area contributed by atoms with Crippen LogP contribution in [0.2, 0.25) is 0 Å². The first kappa shape index (κ1) is 24.8. The Morgan fingerprint density at radius 1 is 1.03 bits per heavy atom. The number of ketones is 2. The van der Waals surface area contributed by atoms with E-state index in [4.69, 9.17) is 4.42 Å². The summed E-state index contributed by atoms with van der Waals surface area (Å²) in [5.74, 6) is 1.37. The van der Waals surface area contributed by atoms with Crippen molar-refractivity contribution in [1.29, 1.82) is 5.26 Å². The Hall–Kier alpha value is -2.55. The maximum absolute atomic E-state index is 14.3. The highest BCUT2D eigenvalue weighted by Crippen LogP contribution is 2.74. The van der Waals surface area contributed by atoms with Crippen molar-refractivity contribution >= 4 is 11.6 Å². The molecule has 5 aliphatic carbocycles. The Labute approximate surface area is 220 Å². The molecule has 37 heavy (non-hydrogen) atoms. The maximum atomic E-state index is 14.3. The smallest absolute Gasteiger partial charge is 0.219 e. The van der Waals surface area contributed by atoms with Gasteiger partial charge in [-0.1, -0.05) is 53.2 Å². The van der Waals surface area contributed by atoms with E-state index in [1.807, 2.05) is 26.0 Å². The van der Waals surface area contributed by atoms with Crippen molar-refractivity contribution in [2.24, 2.45) is 44.8 Å². The first-order valence-corrected chi connectivity index (χ1v) is 14.0. The number of hydrogen-bond acceptors (Lipinski definition) is 6. The monoisotopic (exact) mass is 501 g/mol. The third-order valence-electron chi connectivity index (χ3n) is 12.5. The van der Waals surface area contributed by atoms with Crippen LogP contribution in [0.25, 0.3) is 0 Å². The maximum Gasteiger partial charge on any atom is 0.219 e. The summed E-state index contributed by atoms with van der Waals surface area (Å²) < 4.78 is 5.62. The first-order chi connectivity index (χ1) is 17.3. The standard InChI is InChI=1S/C31H39N3O3/c1-27(2)22-8-10-30(5)23(29(22,4)15-19(16-32)25(27)36)14-21(35)24-20-13-18(26-34-33-17-37-26)7-9-28(20,3)11-12-31(24,30)6/h14-15,17-18,20,22,24H,7-13H2,1-6H3/t18?,20-,22-,24-,28+,29-,30+,31+/m0/s1. The van der Waals surface area contributed by atoms with Crippen molar-refractivity contribution in [3.05, 3.63) is 35.6 Å². The summed E-state index contributed by atoms with van der Waals surface area (Å²) in [7, 11) is 0. The van der Waals surface area contributed by atoms with Gasteiger partial charge in [-0.25, -0.2) is 0 Å². The highest BCUT2D eigenvalue weighted by Gasteiger charge is 2.69. The molecule has 1 aromatic rings. The summed E-state index contributed by atoms with van der Waals surface area (Å²) in [5, 5.41) is 18.0. The van der Waals surface area contributed by atoms with Gasteiger partial charge in [-0.3, -0.25) is 9.59 Å². The topological polar surface area (TPSA) is 96.8 Å². The molecule has 3 fully saturated rings. The Morgan fingerprint density at radius 2 is 1.78 bits per heavy atom. The first-order valence-electron chi connectivity index (χ1n) is 14.0. The van der Waals surface area contributed by atoms with Crippen LogP contribution in [0, 0.1) is 56.2 Å². The highest BCUT2D eigenvalue weighted by molar-refractivity contribution is 6.04. The highest BCUT2D eigenvalue weighted by atomic mass is 16.4. The van der Waals surface area contributed by atoms with E-state index in [0.717, 1.165) is 50.5 Å². The third-order valence-corrected chi connectivity index (χ3v) is 12.5. The van der Waals surface area contributed by atoms with E-state index in [0.29, 0.717) is 5.89 Å². The number of nitriles is 1. The molecule has 1 heterocycles. The lowest BCUT2D eigenvalue weighted by molar-refractivity contribution is -0.163. The Morgan fingerprint density at radius 3 is 2.46 bits per heavy atom. The average molecular weight is 502 g/mol. The van der Waals surface area contributed by atoms with Gasteiger partial charge in [-0.15, -0.1) is 10.2 Å². The van der Waals surface area contributed by atoms with E-state index in [9.17, 15) is 14.9 Å². The molecule has 0 N–H and O–H groups in total. The summed E-state index contributed by atoms with van der Waals surface area (Å²) in [4.78, 5) is 27.5. The second-order valence-corrected chi connectivity index (χ2v) is 14.3. The molecule has 0 aromatic carbocycles. The van der Waals surface area contributed by atoms with Gasteiger partial charge >= 0.3 is 0 Å². The molecule has 0 amide bonds. The molecule has 1 unspecified atom stereocenters. The number of Topliss-reactive ketones (excluding diaryl/α,β-unsaturated/α-hetero) is 1. The van der Waals surface area contributed by atoms with Crippen molar-refractivity contribution in [3.63, 3.8) is 0 Å². The van der Waals surface area contributed by atoms with E-state index in [1.54, 1.807) is 0 Å². The summed E-state index contributed by atoms with van der Waals surface area (Å²) in [6, 6.07) is 2.19. The fraction of sp³-hybridized carbons (Fsp3) is 0.710. The number of carbonyl (C=O) groups is 2. The molecule has 0 bridgehead atoms. The molecule has 6 rings (SSSR count). The third kappa shape index (κ3) is 2.98. The zero-order chi connectivity index (χ0) is 26.6. The van der Waals surface area contributed by atoms with Crippen LogP contribution in [0.3, 0.4) is 0 Å². The molecule has 196 valence electrons. The van der Waals surface area contributed by atoms with Gasteiger partial charge in [0.1, 0.15) is 6.07 Å². The lowest BCUT2D eigenvalue weighted by Gasteiger charge is -2.68. The van der Waals surface area contributed by atoms with E-state index in [2.05, 4.69) is 44.0 Å². The number of hydrogen-bond donors (Lipinski definition) is 0. The van der Waals surface area contributed by atoms with Crippen LogP contribution in [-0.4, -0.2) is 21.8 Å². The van der Waals surface area contributed by atoms with E-state index < -0.39 is 10.8 Å². The molecular weight excluding hydrogens is 462 g/mol. The molecular formula is C31H39N3O3. The van der Waals surface area contributed by atoms with Gasteiger partial charge in [0.05, 0.1) is 5.57 Å². The van der Waals surface area contributed by atoms with Gasteiger partial charge in [-0.05, 0) is 79.1 Å². The second-order valence-electron chi connectivity index (χ2n) is 14.3. The van der Waals surface area contributed by atoms with Crippen LogP contribution in [0.1, 0.15) is 98.3 Å². The van der Waals surface area contributed by atoms with E-state index in [-0.39, 0.29) is 57.1 Å². The molecule has 8 atom stereocenters. The SMILES string of the molecule is CC1(C)C(=O)C(C#N)=C[C@]2(C)C3=CC(=O)[C@@H]4[C@@H]5CC(c6nnco6)CC[C@]5(C)CC[C@@]4(C)[C@]3(C)CC[C@@H]12. The number of nitrogens with zero attached hydrogens (tertiary/aromatic N) is 3. The zero-order valence-electron chi connectivity index (χ0n) is 23.1. The van der Waals surface area contributed by atoms with Gasteiger partial charge in [0, 0.05) is 22.7 Å². The Bertz CT molecular complexity index is 1290. The lowest BCUT2D eigenvalue weighted by atomic mass is 9.34. The number of aromatic nitrogens is 2. The van der Waals surface area contributed by atoms with Gasteiger partial charge in [0.15, 0.2) is 11.6 Å². The average Bonchev–Trinajstić information content (AvgIpc) is 3.38. The lowest BCUT2D eigenvalue weighted by Crippen LogP contribution is -2.64. The number of allylic oxidation sites excluding steroid dienone is 4. The van der Waals surface area contributed by atoms with Crippen molar-refractivity contribution < 1.29 is 14.0 Å². The Balaban J connectivity index is 1.48. The predicted molar refractivity (Wildman–Crippen MR) is 138 cm³/mol. The zero-order valence-corrected chi connectivity index (χ0v) is 23.1. The van der Waals surface area contributed by atoms with Crippen LogP contribution in [0.15, 0.2) is 34.1 Å². The summed E-state index contributed by atoms with van der Waals surface area (Å²) in [5.41, 5.74) is 0.0491. The molecule has 6 nitrogen and oxygen atoms in total. The molecule has 1 aromatic heterocycles. The summed E-state index contributed by atoms with van der Waals surface area (Å²) >= 11 is 0. The van der Waals surface area contributed by atoms with Crippen molar-refractivity contribution in [1.82, 2.24) is 10.2 Å². The molecule has 0 radical (unpaired) electrons. The predicted octanol–water partition coefficient (Wildman–Crippen LogP) is 6.37. The minimum atomic E-state index is -0.636. The van der Waals surface area contributed by atoms with Crippen LogP contribution in [0.5, 0.6) is 0 Å². The normalized spacial score (nSPS) is 46.4. The van der Waals surface area contributed by atoms with E-state index in [1.165, 1.54) is 6.39 Å². The van der Waals surface area contributed by atoms with E-state index >= 15 is 0 Å². The fourth-order valence-electron chi connectivity index (χ4n) is 10.1. The van der Waals surface area contributed by atoms with Gasteiger partial charge in [0.2, 0.25) is 12.3 Å². The quantitative estimate of drug-likeness (QED) is 0.444. The van der Waals surface area contributed by atoms with Crippen LogP contribution < -0.4 is 0 Å². The van der Waals surface area contributed by atoms with Crippen LogP contribution in [0.4, 0.5) is 0 Å². The Kier molecular flexibility index (Phi) is 5.03. The molecule has 0 saturated heterocycles. The number of fused-ring (bicyclic) bond motifs is 7. The fourth-order valence-corrected chi connectivity index (χ4v) is 10.1. The summed E-state index contributed by atoms with van der Waals surface area (Å²) in [6.45, 7) is 13.3. The summed E-state index contributed by atoms with van der Waals surface area (Å²) in [6.07, 6.45) is 12.3. The minimum Gasteiger partial charge on any atom is -0.428 e. The number of carbonyl (C=O) groups excluding carboxylic acids is 2. The van der Waals surface area contributed by atoms with Crippen molar-refractivity contribution in [2.75, 3.05) is 0 Å². The minimum absolute atomic E-state index is 0.0523. The molecule has 0 spiro atoms. The molecule has 6 heteroatoms. The van der Waals surface area contributed by atoms with Gasteiger partial charge in [0.25, 0.3) is 0 Å². The largest absolute Gasteiger partial charge is 0.428 e. The molecule has 3 saturated carbocycles.